The van der Waals surface area contributed by atoms with Gasteiger partial charge in [0, 0.05) is 13.1 Å². The highest BCUT2D eigenvalue weighted by molar-refractivity contribution is 5.60. The second kappa shape index (κ2) is 4.35. The van der Waals surface area contributed by atoms with E-state index in [1.165, 1.54) is 0 Å². The summed E-state index contributed by atoms with van der Waals surface area (Å²) in [5.74, 6) is 1.20. The molecule has 1 heterocycles. The number of hydrogen-bond acceptors (Lipinski definition) is 4. The fourth-order valence-corrected chi connectivity index (χ4v) is 2.21. The van der Waals surface area contributed by atoms with E-state index in [1.807, 2.05) is 6.92 Å². The first-order valence-corrected chi connectivity index (χ1v) is 6.05. The maximum atomic E-state index is 11.1. The minimum absolute atomic E-state index is 0.136. The molecular formula is C11H18N4O2. The van der Waals surface area contributed by atoms with E-state index in [9.17, 15) is 10.1 Å². The molecule has 17 heavy (non-hydrogen) atoms. The molecule has 1 saturated carbocycles. The van der Waals surface area contributed by atoms with Crippen LogP contribution in [0.1, 0.15) is 32.4 Å². The Kier molecular flexibility index (Phi) is 3.04. The number of nitrogens with zero attached hydrogens (tertiary/aromatic N) is 3. The molecule has 1 aliphatic carbocycles. The molecule has 6 heteroatoms. The van der Waals surface area contributed by atoms with Crippen molar-refractivity contribution in [2.24, 2.45) is 13.0 Å². The average Bonchev–Trinajstić information content (AvgIpc) is 2.96. The number of hydrogen-bond donors (Lipinski definition) is 1. The van der Waals surface area contributed by atoms with Gasteiger partial charge in [-0.2, -0.15) is 5.10 Å². The predicted molar refractivity (Wildman–Crippen MR) is 65.0 cm³/mol. The van der Waals surface area contributed by atoms with Gasteiger partial charge in [0.05, 0.1) is 4.92 Å². The number of aryl methyl sites for hydroxylation is 2. The maximum Gasteiger partial charge on any atom is 0.333 e. The zero-order valence-corrected chi connectivity index (χ0v) is 10.4. The molecule has 2 unspecified atom stereocenters. The minimum Gasteiger partial charge on any atom is -0.362 e. The Hall–Kier alpha value is -1.59. The first kappa shape index (κ1) is 11.9. The molecule has 1 N–H and O–H groups in total. The van der Waals surface area contributed by atoms with Crippen LogP contribution < -0.4 is 5.32 Å². The standard InChI is InChI=1S/C11H18N4O2/c1-4-7-6-9(7)12-11-10(15(16)17)8(5-2)13-14(11)3/h7,9,12H,4-6H2,1-3H3. The fraction of sp³-hybridized carbons (Fsp3) is 0.727. The molecule has 1 aromatic rings. The number of aromatic nitrogens is 2. The third kappa shape index (κ3) is 2.11. The molecule has 1 aliphatic rings. The van der Waals surface area contributed by atoms with Crippen LogP contribution in [0.4, 0.5) is 11.5 Å². The average molecular weight is 238 g/mol. The van der Waals surface area contributed by atoms with Crippen LogP contribution in [0.15, 0.2) is 0 Å². The molecule has 0 saturated heterocycles. The van der Waals surface area contributed by atoms with Gasteiger partial charge in [-0.1, -0.05) is 20.3 Å². The number of anilines is 1. The zero-order chi connectivity index (χ0) is 12.6. The van der Waals surface area contributed by atoms with Crippen LogP contribution in [-0.2, 0) is 13.5 Å². The van der Waals surface area contributed by atoms with Crippen molar-refractivity contribution in [3.63, 3.8) is 0 Å². The van der Waals surface area contributed by atoms with E-state index < -0.39 is 0 Å². The molecule has 1 aromatic heterocycles. The summed E-state index contributed by atoms with van der Waals surface area (Å²) in [5, 5.41) is 18.5. The van der Waals surface area contributed by atoms with E-state index in [-0.39, 0.29) is 10.6 Å². The van der Waals surface area contributed by atoms with E-state index in [0.717, 1.165) is 12.8 Å². The molecule has 0 bridgehead atoms. The van der Waals surface area contributed by atoms with Crippen LogP contribution in [0.5, 0.6) is 0 Å². The quantitative estimate of drug-likeness (QED) is 0.629. The number of nitrogens with one attached hydrogen (secondary N) is 1. The molecule has 2 rings (SSSR count). The molecule has 0 radical (unpaired) electrons. The van der Waals surface area contributed by atoms with Crippen LogP contribution in [-0.4, -0.2) is 20.7 Å². The lowest BCUT2D eigenvalue weighted by Gasteiger charge is -2.04. The first-order chi connectivity index (χ1) is 8.08. The monoisotopic (exact) mass is 238 g/mol. The highest BCUT2D eigenvalue weighted by Crippen LogP contribution is 2.39. The van der Waals surface area contributed by atoms with Crippen molar-refractivity contribution >= 4 is 11.5 Å². The second-order valence-corrected chi connectivity index (χ2v) is 4.53. The summed E-state index contributed by atoms with van der Waals surface area (Å²) < 4.78 is 1.59. The molecule has 0 spiro atoms. The Morgan fingerprint density at radius 2 is 2.29 bits per heavy atom. The van der Waals surface area contributed by atoms with E-state index in [4.69, 9.17) is 0 Å². The first-order valence-electron chi connectivity index (χ1n) is 6.05. The molecule has 0 amide bonds. The molecule has 94 valence electrons. The van der Waals surface area contributed by atoms with Gasteiger partial charge in [-0.3, -0.25) is 10.1 Å². The normalized spacial score (nSPS) is 22.5. The van der Waals surface area contributed by atoms with Crippen molar-refractivity contribution in [1.82, 2.24) is 9.78 Å². The second-order valence-electron chi connectivity index (χ2n) is 4.53. The summed E-state index contributed by atoms with van der Waals surface area (Å²) in [4.78, 5) is 10.7. The molecular weight excluding hydrogens is 220 g/mol. The van der Waals surface area contributed by atoms with Crippen molar-refractivity contribution in [3.8, 4) is 0 Å². The summed E-state index contributed by atoms with van der Waals surface area (Å²) in [7, 11) is 1.75. The van der Waals surface area contributed by atoms with Gasteiger partial charge in [0.15, 0.2) is 0 Å². The van der Waals surface area contributed by atoms with Crippen LogP contribution in [0.25, 0.3) is 0 Å². The third-order valence-corrected chi connectivity index (χ3v) is 3.38. The van der Waals surface area contributed by atoms with Gasteiger partial charge < -0.3 is 5.32 Å². The van der Waals surface area contributed by atoms with Gasteiger partial charge in [0.1, 0.15) is 5.69 Å². The smallest absolute Gasteiger partial charge is 0.333 e. The predicted octanol–water partition coefficient (Wildman–Crippen LogP) is 2.10. The SMILES string of the molecule is CCc1nn(C)c(NC2CC2CC)c1[N+](=O)[O-]. The maximum absolute atomic E-state index is 11.1. The van der Waals surface area contributed by atoms with Crippen LogP contribution >= 0.6 is 0 Å². The van der Waals surface area contributed by atoms with Gasteiger partial charge in [-0.15, -0.1) is 0 Å². The molecule has 0 aromatic carbocycles. The summed E-state index contributed by atoms with van der Waals surface area (Å²) in [6, 6.07) is 0.374. The van der Waals surface area contributed by atoms with E-state index in [0.29, 0.717) is 29.9 Å². The highest BCUT2D eigenvalue weighted by atomic mass is 16.6. The Labute approximate surface area is 100 Å². The van der Waals surface area contributed by atoms with E-state index in [1.54, 1.807) is 11.7 Å². The van der Waals surface area contributed by atoms with E-state index >= 15 is 0 Å². The Morgan fingerprint density at radius 1 is 1.59 bits per heavy atom. The lowest BCUT2D eigenvalue weighted by molar-refractivity contribution is -0.384. The van der Waals surface area contributed by atoms with Gasteiger partial charge in [0.2, 0.25) is 5.82 Å². The third-order valence-electron chi connectivity index (χ3n) is 3.38. The van der Waals surface area contributed by atoms with E-state index in [2.05, 4.69) is 17.3 Å². The van der Waals surface area contributed by atoms with Crippen molar-refractivity contribution in [1.29, 1.82) is 0 Å². The Bertz CT molecular complexity index is 441. The van der Waals surface area contributed by atoms with Gasteiger partial charge in [-0.25, -0.2) is 4.68 Å². The number of rotatable bonds is 5. The Balaban J connectivity index is 2.26. The van der Waals surface area contributed by atoms with Crippen molar-refractivity contribution < 1.29 is 4.92 Å². The lowest BCUT2D eigenvalue weighted by atomic mass is 10.3. The van der Waals surface area contributed by atoms with Gasteiger partial charge in [-0.05, 0) is 18.8 Å². The largest absolute Gasteiger partial charge is 0.362 e. The van der Waals surface area contributed by atoms with Crippen molar-refractivity contribution in [3.05, 3.63) is 15.8 Å². The lowest BCUT2D eigenvalue weighted by Crippen LogP contribution is -2.10. The number of nitro groups is 1. The fourth-order valence-electron chi connectivity index (χ4n) is 2.21. The van der Waals surface area contributed by atoms with Crippen LogP contribution in [0.3, 0.4) is 0 Å². The summed E-state index contributed by atoms with van der Waals surface area (Å²) in [6.07, 6.45) is 2.79. The van der Waals surface area contributed by atoms with Gasteiger partial charge >= 0.3 is 5.69 Å². The van der Waals surface area contributed by atoms with Crippen molar-refractivity contribution in [2.75, 3.05) is 5.32 Å². The summed E-state index contributed by atoms with van der Waals surface area (Å²) in [6.45, 7) is 4.02. The molecule has 0 aliphatic heterocycles. The zero-order valence-electron chi connectivity index (χ0n) is 10.4. The van der Waals surface area contributed by atoms with Crippen LogP contribution in [0, 0.1) is 16.0 Å². The highest BCUT2D eigenvalue weighted by Gasteiger charge is 2.38. The summed E-state index contributed by atoms with van der Waals surface area (Å²) in [5.41, 5.74) is 0.686. The molecule has 1 fully saturated rings. The topological polar surface area (TPSA) is 73.0 Å². The summed E-state index contributed by atoms with van der Waals surface area (Å²) >= 11 is 0. The minimum atomic E-state index is -0.336. The molecule has 2 atom stereocenters. The Morgan fingerprint density at radius 3 is 2.76 bits per heavy atom. The van der Waals surface area contributed by atoms with Crippen molar-refractivity contribution in [2.45, 2.75) is 39.2 Å². The van der Waals surface area contributed by atoms with Gasteiger partial charge in [0.25, 0.3) is 0 Å². The van der Waals surface area contributed by atoms with Crippen LogP contribution in [0.2, 0.25) is 0 Å². The molecule has 6 nitrogen and oxygen atoms in total.